The standard InChI is InChI=1S/C24H19ClN4O4/c25-18-4-1-3-16(11-18)13-26-22(30)19-14-29-20(5-2-6-21(29)28-19)23(31)27-12-15-7-9-17(10-8-15)24(32)33/h1-11,14H,12-13H2,(H,26,30)(H,27,31)(H,32,33). The van der Waals surface area contributed by atoms with E-state index in [1.807, 2.05) is 6.07 Å². The zero-order chi connectivity index (χ0) is 23.4. The van der Waals surface area contributed by atoms with Crippen LogP contribution in [-0.4, -0.2) is 32.3 Å². The Morgan fingerprint density at radius 3 is 2.30 bits per heavy atom. The maximum absolute atomic E-state index is 12.8. The number of benzene rings is 2. The maximum Gasteiger partial charge on any atom is 0.335 e. The van der Waals surface area contributed by atoms with E-state index in [1.54, 1.807) is 52.9 Å². The van der Waals surface area contributed by atoms with Crippen molar-refractivity contribution in [3.05, 3.63) is 106 Å². The number of aromatic nitrogens is 2. The molecule has 166 valence electrons. The molecular formula is C24H19ClN4O4. The van der Waals surface area contributed by atoms with Crippen LogP contribution in [0.15, 0.2) is 72.9 Å². The maximum atomic E-state index is 12.8. The number of amides is 2. The summed E-state index contributed by atoms with van der Waals surface area (Å²) >= 11 is 5.97. The van der Waals surface area contributed by atoms with Gasteiger partial charge in [0.25, 0.3) is 11.8 Å². The Morgan fingerprint density at radius 2 is 1.58 bits per heavy atom. The minimum absolute atomic E-state index is 0.175. The van der Waals surface area contributed by atoms with Crippen LogP contribution in [0.3, 0.4) is 0 Å². The SMILES string of the molecule is O=C(O)c1ccc(CNC(=O)c2cccc3nc(C(=O)NCc4cccc(Cl)c4)cn23)cc1. The van der Waals surface area contributed by atoms with Gasteiger partial charge in [0.1, 0.15) is 17.0 Å². The van der Waals surface area contributed by atoms with Gasteiger partial charge >= 0.3 is 5.97 Å². The lowest BCUT2D eigenvalue weighted by Crippen LogP contribution is -2.25. The first-order chi connectivity index (χ1) is 15.9. The Morgan fingerprint density at radius 1 is 0.879 bits per heavy atom. The fourth-order valence-electron chi connectivity index (χ4n) is 3.26. The number of carboxylic acids is 1. The number of nitrogens with zero attached hydrogens (tertiary/aromatic N) is 2. The zero-order valence-electron chi connectivity index (χ0n) is 17.3. The number of carboxylic acid groups (broad SMARTS) is 1. The summed E-state index contributed by atoms with van der Waals surface area (Å²) in [6.07, 6.45) is 1.51. The fraction of sp³-hybridized carbons (Fsp3) is 0.0833. The highest BCUT2D eigenvalue weighted by Gasteiger charge is 2.15. The summed E-state index contributed by atoms with van der Waals surface area (Å²) < 4.78 is 1.55. The van der Waals surface area contributed by atoms with Crippen molar-refractivity contribution in [3.8, 4) is 0 Å². The number of carbonyl (C=O) groups excluding carboxylic acids is 2. The number of imidazole rings is 1. The summed E-state index contributed by atoms with van der Waals surface area (Å²) in [5, 5.41) is 15.2. The summed E-state index contributed by atoms with van der Waals surface area (Å²) in [6, 6.07) is 18.5. The van der Waals surface area contributed by atoms with Gasteiger partial charge in [-0.05, 0) is 47.5 Å². The highest BCUT2D eigenvalue weighted by atomic mass is 35.5. The molecule has 0 fully saturated rings. The summed E-state index contributed by atoms with van der Waals surface area (Å²) in [6.45, 7) is 0.512. The van der Waals surface area contributed by atoms with Crippen LogP contribution in [0.1, 0.15) is 42.5 Å². The van der Waals surface area contributed by atoms with Gasteiger partial charge in [0.05, 0.1) is 5.56 Å². The minimum atomic E-state index is -1.01. The van der Waals surface area contributed by atoms with Crippen LogP contribution in [0.5, 0.6) is 0 Å². The topological polar surface area (TPSA) is 113 Å². The molecule has 0 atom stereocenters. The molecule has 0 bridgehead atoms. The first kappa shape index (κ1) is 22.0. The van der Waals surface area contributed by atoms with E-state index in [2.05, 4.69) is 15.6 Å². The highest BCUT2D eigenvalue weighted by Crippen LogP contribution is 2.12. The van der Waals surface area contributed by atoms with E-state index in [0.717, 1.165) is 11.1 Å². The van der Waals surface area contributed by atoms with Gasteiger partial charge in [-0.2, -0.15) is 0 Å². The van der Waals surface area contributed by atoms with Crippen LogP contribution in [0.2, 0.25) is 5.02 Å². The second-order valence-electron chi connectivity index (χ2n) is 7.26. The van der Waals surface area contributed by atoms with Crippen molar-refractivity contribution < 1.29 is 19.5 Å². The molecule has 2 aromatic heterocycles. The van der Waals surface area contributed by atoms with Crippen LogP contribution in [0.25, 0.3) is 5.65 Å². The van der Waals surface area contributed by atoms with Crippen molar-refractivity contribution in [2.45, 2.75) is 13.1 Å². The summed E-state index contributed by atoms with van der Waals surface area (Å²) in [5.74, 6) is -1.74. The Balaban J connectivity index is 1.45. The number of rotatable bonds is 7. The van der Waals surface area contributed by atoms with Crippen LogP contribution in [0.4, 0.5) is 0 Å². The second kappa shape index (κ2) is 9.54. The molecular weight excluding hydrogens is 444 g/mol. The first-order valence-electron chi connectivity index (χ1n) is 10.0. The molecule has 8 nitrogen and oxygen atoms in total. The Hall–Kier alpha value is -4.17. The van der Waals surface area contributed by atoms with Crippen molar-refractivity contribution in [2.75, 3.05) is 0 Å². The molecule has 3 N–H and O–H groups in total. The fourth-order valence-corrected chi connectivity index (χ4v) is 3.48. The molecule has 0 aliphatic heterocycles. The lowest BCUT2D eigenvalue weighted by molar-refractivity contribution is 0.0696. The van der Waals surface area contributed by atoms with Crippen LogP contribution in [0, 0.1) is 0 Å². The van der Waals surface area contributed by atoms with Gasteiger partial charge in [-0.25, -0.2) is 9.78 Å². The van der Waals surface area contributed by atoms with E-state index in [9.17, 15) is 14.4 Å². The average molecular weight is 463 g/mol. The quantitative estimate of drug-likeness (QED) is 0.389. The first-order valence-corrected chi connectivity index (χ1v) is 10.4. The Kier molecular flexibility index (Phi) is 6.37. The zero-order valence-corrected chi connectivity index (χ0v) is 18.0. The van der Waals surface area contributed by atoms with Crippen LogP contribution < -0.4 is 10.6 Å². The summed E-state index contributed by atoms with van der Waals surface area (Å²) in [7, 11) is 0. The molecule has 0 aliphatic carbocycles. The van der Waals surface area contributed by atoms with Crippen molar-refractivity contribution in [2.24, 2.45) is 0 Å². The average Bonchev–Trinajstić information content (AvgIpc) is 3.26. The van der Waals surface area contributed by atoms with Gasteiger partial charge in [-0.1, -0.05) is 41.9 Å². The van der Waals surface area contributed by atoms with E-state index in [1.165, 1.54) is 18.3 Å². The Bertz CT molecular complexity index is 1350. The van der Waals surface area contributed by atoms with E-state index in [0.29, 0.717) is 22.9 Å². The molecule has 33 heavy (non-hydrogen) atoms. The van der Waals surface area contributed by atoms with E-state index in [-0.39, 0.29) is 29.6 Å². The third-order valence-electron chi connectivity index (χ3n) is 4.95. The highest BCUT2D eigenvalue weighted by molar-refractivity contribution is 6.30. The molecule has 0 radical (unpaired) electrons. The number of fused-ring (bicyclic) bond motifs is 1. The number of halogens is 1. The normalized spacial score (nSPS) is 10.7. The summed E-state index contributed by atoms with van der Waals surface area (Å²) in [5.41, 5.74) is 2.75. The molecule has 4 rings (SSSR count). The largest absolute Gasteiger partial charge is 0.478 e. The minimum Gasteiger partial charge on any atom is -0.478 e. The third kappa shape index (κ3) is 5.19. The molecule has 0 unspecified atom stereocenters. The molecule has 2 heterocycles. The predicted molar refractivity (Wildman–Crippen MR) is 122 cm³/mol. The number of pyridine rings is 1. The van der Waals surface area contributed by atoms with E-state index >= 15 is 0 Å². The van der Waals surface area contributed by atoms with Gasteiger partial charge in [0, 0.05) is 24.3 Å². The molecule has 4 aromatic rings. The third-order valence-corrected chi connectivity index (χ3v) is 5.19. The molecule has 2 amide bonds. The number of nitrogens with one attached hydrogen (secondary N) is 2. The van der Waals surface area contributed by atoms with Gasteiger partial charge in [0.15, 0.2) is 0 Å². The van der Waals surface area contributed by atoms with E-state index < -0.39 is 5.97 Å². The number of carbonyl (C=O) groups is 3. The Labute approximate surface area is 193 Å². The van der Waals surface area contributed by atoms with Gasteiger partial charge < -0.3 is 15.7 Å². The molecule has 0 aliphatic rings. The van der Waals surface area contributed by atoms with Gasteiger partial charge in [-0.15, -0.1) is 0 Å². The van der Waals surface area contributed by atoms with Crippen molar-refractivity contribution in [3.63, 3.8) is 0 Å². The van der Waals surface area contributed by atoms with Gasteiger partial charge in [-0.3, -0.25) is 14.0 Å². The lowest BCUT2D eigenvalue weighted by atomic mass is 10.1. The predicted octanol–water partition coefficient (Wildman–Crippen LogP) is 3.55. The second-order valence-corrected chi connectivity index (χ2v) is 7.70. The number of hydrogen-bond donors (Lipinski definition) is 3. The van der Waals surface area contributed by atoms with Crippen LogP contribution in [-0.2, 0) is 13.1 Å². The van der Waals surface area contributed by atoms with Crippen molar-refractivity contribution >= 4 is 35.0 Å². The lowest BCUT2D eigenvalue weighted by Gasteiger charge is -2.07. The monoisotopic (exact) mass is 462 g/mol. The van der Waals surface area contributed by atoms with Crippen LogP contribution >= 0.6 is 11.6 Å². The molecule has 0 saturated heterocycles. The molecule has 0 spiro atoms. The van der Waals surface area contributed by atoms with Crippen molar-refractivity contribution in [1.82, 2.24) is 20.0 Å². The smallest absolute Gasteiger partial charge is 0.335 e. The molecule has 9 heteroatoms. The van der Waals surface area contributed by atoms with Gasteiger partial charge in [0.2, 0.25) is 0 Å². The van der Waals surface area contributed by atoms with E-state index in [4.69, 9.17) is 16.7 Å². The number of aromatic carboxylic acids is 1. The molecule has 0 saturated carbocycles. The number of hydrogen-bond acceptors (Lipinski definition) is 4. The van der Waals surface area contributed by atoms with Crippen molar-refractivity contribution in [1.29, 1.82) is 0 Å². The summed E-state index contributed by atoms with van der Waals surface area (Å²) in [4.78, 5) is 40.6. The molecule has 2 aromatic carbocycles.